The van der Waals surface area contributed by atoms with E-state index in [1.807, 2.05) is 6.07 Å². The van der Waals surface area contributed by atoms with Gasteiger partial charge in [0.15, 0.2) is 0 Å². The Morgan fingerprint density at radius 3 is 2.35 bits per heavy atom. The predicted octanol–water partition coefficient (Wildman–Crippen LogP) is 3.58. The highest BCUT2D eigenvalue weighted by atomic mass is 16.5. The van der Waals surface area contributed by atoms with Crippen molar-refractivity contribution in [2.45, 2.75) is 46.1 Å². The lowest BCUT2D eigenvalue weighted by atomic mass is 9.72. The van der Waals surface area contributed by atoms with Crippen molar-refractivity contribution in [2.75, 3.05) is 7.11 Å². The molecule has 1 aliphatic rings. The maximum absolute atomic E-state index is 5.87. The van der Waals surface area contributed by atoms with Gasteiger partial charge in [0.2, 0.25) is 0 Å². The molecule has 2 rings (SSSR count). The molecule has 0 spiro atoms. The minimum absolute atomic E-state index is 0.241. The van der Waals surface area contributed by atoms with Crippen LogP contribution in [0.15, 0.2) is 18.2 Å². The molecule has 3 unspecified atom stereocenters. The number of rotatable bonds is 4. The second kappa shape index (κ2) is 6.59. The molecule has 1 aliphatic carbocycles. The quantitative estimate of drug-likeness (QED) is 0.652. The van der Waals surface area contributed by atoms with Crippen LogP contribution in [0.2, 0.25) is 0 Å². The molecule has 1 saturated carbocycles. The zero-order chi connectivity index (χ0) is 14.7. The van der Waals surface area contributed by atoms with Crippen molar-refractivity contribution < 1.29 is 4.74 Å². The Kier molecular flexibility index (Phi) is 5.06. The lowest BCUT2D eigenvalue weighted by molar-refractivity contribution is 0.177. The van der Waals surface area contributed by atoms with Crippen molar-refractivity contribution in [3.63, 3.8) is 0 Å². The fourth-order valence-electron chi connectivity index (χ4n) is 3.88. The molecular weight excluding hydrogens is 248 g/mol. The fourth-order valence-corrected chi connectivity index (χ4v) is 3.88. The number of methoxy groups -OCH3 is 1. The van der Waals surface area contributed by atoms with E-state index in [0.29, 0.717) is 5.92 Å². The molecule has 1 aromatic carbocycles. The molecule has 3 N–H and O–H groups in total. The second-order valence-corrected chi connectivity index (χ2v) is 6.55. The van der Waals surface area contributed by atoms with Gasteiger partial charge in [-0.25, -0.2) is 0 Å². The van der Waals surface area contributed by atoms with Crippen molar-refractivity contribution in [2.24, 2.45) is 23.6 Å². The number of hydrogen-bond acceptors (Lipinski definition) is 3. The number of hydrogen-bond donors (Lipinski definition) is 2. The zero-order valence-corrected chi connectivity index (χ0v) is 13.1. The molecule has 112 valence electrons. The van der Waals surface area contributed by atoms with Crippen LogP contribution in [0.4, 0.5) is 0 Å². The van der Waals surface area contributed by atoms with Crippen molar-refractivity contribution in [3.8, 4) is 5.75 Å². The van der Waals surface area contributed by atoms with Gasteiger partial charge in [-0.15, -0.1) is 0 Å². The average Bonchev–Trinajstić information content (AvgIpc) is 2.38. The Morgan fingerprint density at radius 1 is 1.20 bits per heavy atom. The van der Waals surface area contributed by atoms with E-state index < -0.39 is 0 Å². The van der Waals surface area contributed by atoms with Gasteiger partial charge in [-0.05, 0) is 61.1 Å². The van der Waals surface area contributed by atoms with Crippen LogP contribution in [0.25, 0.3) is 0 Å². The predicted molar refractivity (Wildman–Crippen MR) is 83.5 cm³/mol. The third kappa shape index (κ3) is 3.33. The number of nitrogens with one attached hydrogen (secondary N) is 1. The molecule has 0 radical (unpaired) electrons. The molecule has 0 saturated heterocycles. The van der Waals surface area contributed by atoms with Crippen LogP contribution >= 0.6 is 0 Å². The van der Waals surface area contributed by atoms with Crippen LogP contribution in [0.1, 0.15) is 50.3 Å². The van der Waals surface area contributed by atoms with Crippen LogP contribution in [-0.2, 0) is 0 Å². The number of hydrazine groups is 1. The highest BCUT2D eigenvalue weighted by molar-refractivity contribution is 5.37. The van der Waals surface area contributed by atoms with E-state index in [2.05, 4.69) is 38.3 Å². The Labute approximate surface area is 122 Å². The lowest BCUT2D eigenvalue weighted by Gasteiger charge is -2.36. The summed E-state index contributed by atoms with van der Waals surface area (Å²) >= 11 is 0. The van der Waals surface area contributed by atoms with Crippen molar-refractivity contribution in [1.82, 2.24) is 5.43 Å². The van der Waals surface area contributed by atoms with E-state index in [9.17, 15) is 0 Å². The summed E-state index contributed by atoms with van der Waals surface area (Å²) in [6.07, 6.45) is 3.85. The first-order chi connectivity index (χ1) is 9.55. The number of benzene rings is 1. The number of ether oxygens (including phenoxy) is 1. The maximum Gasteiger partial charge on any atom is 0.121 e. The summed E-state index contributed by atoms with van der Waals surface area (Å²) in [5.41, 5.74) is 5.50. The summed E-state index contributed by atoms with van der Waals surface area (Å²) in [5, 5.41) is 0. The van der Waals surface area contributed by atoms with E-state index >= 15 is 0 Å². The standard InChI is InChI=1S/C17H28N2O/c1-11-7-12(2)9-15(8-11)17(19-18)14-5-6-16(20-4)13(3)10-14/h5-6,10-12,15,17,19H,7-9,18H2,1-4H3. The minimum Gasteiger partial charge on any atom is -0.496 e. The Morgan fingerprint density at radius 2 is 1.85 bits per heavy atom. The normalized spacial score (nSPS) is 28.1. The highest BCUT2D eigenvalue weighted by Crippen LogP contribution is 2.40. The molecule has 0 aliphatic heterocycles. The first-order valence-electron chi connectivity index (χ1n) is 7.65. The zero-order valence-electron chi connectivity index (χ0n) is 13.1. The first-order valence-corrected chi connectivity index (χ1v) is 7.65. The van der Waals surface area contributed by atoms with Gasteiger partial charge in [-0.1, -0.05) is 26.0 Å². The topological polar surface area (TPSA) is 47.3 Å². The van der Waals surface area contributed by atoms with Gasteiger partial charge in [0.05, 0.1) is 7.11 Å². The first kappa shape index (κ1) is 15.3. The van der Waals surface area contributed by atoms with Gasteiger partial charge in [0.1, 0.15) is 5.75 Å². The van der Waals surface area contributed by atoms with Gasteiger partial charge in [0.25, 0.3) is 0 Å². The summed E-state index contributed by atoms with van der Waals surface area (Å²) in [6, 6.07) is 6.63. The Balaban J connectivity index is 2.21. The van der Waals surface area contributed by atoms with Gasteiger partial charge in [0, 0.05) is 6.04 Å². The van der Waals surface area contributed by atoms with Crippen LogP contribution in [0.5, 0.6) is 5.75 Å². The van der Waals surface area contributed by atoms with Crippen LogP contribution in [-0.4, -0.2) is 7.11 Å². The van der Waals surface area contributed by atoms with Crippen LogP contribution in [0.3, 0.4) is 0 Å². The minimum atomic E-state index is 0.241. The third-order valence-electron chi connectivity index (χ3n) is 4.64. The van der Waals surface area contributed by atoms with Crippen LogP contribution in [0, 0.1) is 24.7 Å². The highest BCUT2D eigenvalue weighted by Gasteiger charge is 2.30. The van der Waals surface area contributed by atoms with E-state index in [-0.39, 0.29) is 6.04 Å². The SMILES string of the molecule is COc1ccc(C(NN)C2CC(C)CC(C)C2)cc1C. The third-order valence-corrected chi connectivity index (χ3v) is 4.64. The van der Waals surface area contributed by atoms with Gasteiger partial charge < -0.3 is 4.74 Å². The summed E-state index contributed by atoms with van der Waals surface area (Å²) in [4.78, 5) is 0. The Bertz CT molecular complexity index is 437. The Hall–Kier alpha value is -1.06. The van der Waals surface area contributed by atoms with Crippen LogP contribution < -0.4 is 16.0 Å². The van der Waals surface area contributed by atoms with E-state index in [0.717, 1.165) is 17.6 Å². The molecule has 3 nitrogen and oxygen atoms in total. The molecule has 3 heteroatoms. The fraction of sp³-hybridized carbons (Fsp3) is 0.647. The second-order valence-electron chi connectivity index (χ2n) is 6.55. The molecule has 0 amide bonds. The largest absolute Gasteiger partial charge is 0.496 e. The van der Waals surface area contributed by atoms with Crippen molar-refractivity contribution in [3.05, 3.63) is 29.3 Å². The molecule has 0 aromatic heterocycles. The van der Waals surface area contributed by atoms with E-state index in [4.69, 9.17) is 10.6 Å². The molecule has 1 aromatic rings. The molecule has 1 fully saturated rings. The smallest absolute Gasteiger partial charge is 0.121 e. The van der Waals surface area contributed by atoms with Crippen molar-refractivity contribution >= 4 is 0 Å². The maximum atomic E-state index is 5.87. The molecule has 3 atom stereocenters. The molecule has 20 heavy (non-hydrogen) atoms. The van der Waals surface area contributed by atoms with Gasteiger partial charge in [-0.3, -0.25) is 11.3 Å². The van der Waals surface area contributed by atoms with Gasteiger partial charge in [-0.2, -0.15) is 0 Å². The summed E-state index contributed by atoms with van der Waals surface area (Å²) in [6.45, 7) is 6.80. The monoisotopic (exact) mass is 276 g/mol. The molecule has 0 heterocycles. The van der Waals surface area contributed by atoms with E-state index in [1.165, 1.54) is 30.4 Å². The lowest BCUT2D eigenvalue weighted by Crippen LogP contribution is -2.37. The molecule has 0 bridgehead atoms. The summed E-state index contributed by atoms with van der Waals surface area (Å²) < 4.78 is 5.34. The molecular formula is C17H28N2O. The number of aryl methyl sites for hydroxylation is 1. The van der Waals surface area contributed by atoms with E-state index in [1.54, 1.807) is 7.11 Å². The average molecular weight is 276 g/mol. The summed E-state index contributed by atoms with van der Waals surface area (Å²) in [5.74, 6) is 9.00. The van der Waals surface area contributed by atoms with Crippen molar-refractivity contribution in [1.29, 1.82) is 0 Å². The number of nitrogens with two attached hydrogens (primary N) is 1. The summed E-state index contributed by atoms with van der Waals surface area (Å²) in [7, 11) is 1.71. The van der Waals surface area contributed by atoms with Gasteiger partial charge >= 0.3 is 0 Å².